The summed E-state index contributed by atoms with van der Waals surface area (Å²) in [5.41, 5.74) is 3.01. The summed E-state index contributed by atoms with van der Waals surface area (Å²) in [6, 6.07) is 9.77. The highest BCUT2D eigenvalue weighted by Gasteiger charge is 2.22. The van der Waals surface area contributed by atoms with E-state index in [0.717, 1.165) is 18.8 Å². The molecule has 1 unspecified atom stereocenters. The number of benzene rings is 1. The summed E-state index contributed by atoms with van der Waals surface area (Å²) in [7, 11) is 0. The molecule has 0 amide bonds. The van der Waals surface area contributed by atoms with Gasteiger partial charge in [-0.2, -0.15) is 9.50 Å². The van der Waals surface area contributed by atoms with Gasteiger partial charge in [-0.05, 0) is 25.0 Å². The number of nitrogens with zero attached hydrogens (tertiary/aromatic N) is 3. The number of hydrogen-bond donors (Lipinski definition) is 2. The van der Waals surface area contributed by atoms with Crippen LogP contribution in [-0.4, -0.2) is 26.1 Å². The molecule has 1 atom stereocenters. The Balaban J connectivity index is 1.75. The minimum atomic E-state index is -0.125. The molecule has 0 aliphatic carbocycles. The molecule has 21 heavy (non-hydrogen) atoms. The lowest BCUT2D eigenvalue weighted by Gasteiger charge is -2.24. The van der Waals surface area contributed by atoms with Crippen molar-refractivity contribution >= 4 is 11.5 Å². The predicted molar refractivity (Wildman–Crippen MR) is 79.7 cm³/mol. The Kier molecular flexibility index (Phi) is 2.57. The standard InChI is InChI=1S/C15H15N5O/c1-9-6-13(21)20-15(17-9)18-14(19-20)11-7-10-4-2-3-5-12(10)16-8-11/h2-6,11,16H,7-8H2,1H3,(H,17,18,19). The minimum Gasteiger partial charge on any atom is -0.384 e. The van der Waals surface area contributed by atoms with Crippen LogP contribution in [0, 0.1) is 6.92 Å². The molecule has 3 aromatic rings. The van der Waals surface area contributed by atoms with E-state index >= 15 is 0 Å². The SMILES string of the molecule is Cc1cc(=O)n2[nH]c(C3CNc4ccccc4C3)nc2n1. The number of para-hydroxylation sites is 1. The van der Waals surface area contributed by atoms with Crippen molar-refractivity contribution < 1.29 is 0 Å². The van der Waals surface area contributed by atoms with E-state index in [1.165, 1.54) is 21.8 Å². The lowest BCUT2D eigenvalue weighted by atomic mass is 9.93. The first-order chi connectivity index (χ1) is 10.2. The quantitative estimate of drug-likeness (QED) is 0.708. The molecule has 1 aliphatic rings. The van der Waals surface area contributed by atoms with Crippen LogP contribution in [0.2, 0.25) is 0 Å². The fraction of sp³-hybridized carbons (Fsp3) is 0.267. The normalized spacial score (nSPS) is 17.5. The predicted octanol–water partition coefficient (Wildman–Crippen LogP) is 1.48. The molecule has 0 saturated carbocycles. The monoisotopic (exact) mass is 281 g/mol. The molecule has 3 heterocycles. The van der Waals surface area contributed by atoms with E-state index in [9.17, 15) is 4.79 Å². The number of H-pyrrole nitrogens is 1. The fourth-order valence-electron chi connectivity index (χ4n) is 2.83. The van der Waals surface area contributed by atoms with Crippen LogP contribution in [0.1, 0.15) is 23.0 Å². The maximum absolute atomic E-state index is 11.9. The van der Waals surface area contributed by atoms with Crippen molar-refractivity contribution in [2.75, 3.05) is 11.9 Å². The molecule has 0 bridgehead atoms. The van der Waals surface area contributed by atoms with Crippen LogP contribution in [0.5, 0.6) is 0 Å². The van der Waals surface area contributed by atoms with Gasteiger partial charge in [-0.3, -0.25) is 9.89 Å². The van der Waals surface area contributed by atoms with E-state index in [2.05, 4.69) is 32.5 Å². The largest absolute Gasteiger partial charge is 0.384 e. The molecule has 2 aromatic heterocycles. The van der Waals surface area contributed by atoms with Gasteiger partial charge in [0.15, 0.2) is 0 Å². The van der Waals surface area contributed by atoms with Crippen LogP contribution in [0.15, 0.2) is 35.1 Å². The zero-order chi connectivity index (χ0) is 14.4. The van der Waals surface area contributed by atoms with Crippen LogP contribution >= 0.6 is 0 Å². The number of hydrogen-bond acceptors (Lipinski definition) is 4. The topological polar surface area (TPSA) is 75.1 Å². The number of aryl methyl sites for hydroxylation is 1. The summed E-state index contributed by atoms with van der Waals surface area (Å²) in [5, 5.41) is 6.50. The third-order valence-corrected chi connectivity index (χ3v) is 3.89. The lowest BCUT2D eigenvalue weighted by Crippen LogP contribution is -2.22. The average Bonchev–Trinajstić information content (AvgIpc) is 2.91. The van der Waals surface area contributed by atoms with Gasteiger partial charge in [0.1, 0.15) is 5.82 Å². The third kappa shape index (κ3) is 1.99. The second-order valence-corrected chi connectivity index (χ2v) is 5.42. The van der Waals surface area contributed by atoms with Crippen molar-refractivity contribution in [3.63, 3.8) is 0 Å². The maximum Gasteiger partial charge on any atom is 0.274 e. The Hall–Kier alpha value is -2.63. The molecule has 0 saturated heterocycles. The molecular weight excluding hydrogens is 266 g/mol. The number of anilines is 1. The summed E-state index contributed by atoms with van der Waals surface area (Å²) in [6.07, 6.45) is 0.900. The Morgan fingerprint density at radius 2 is 2.14 bits per heavy atom. The van der Waals surface area contributed by atoms with Crippen LogP contribution in [-0.2, 0) is 6.42 Å². The summed E-state index contributed by atoms with van der Waals surface area (Å²) in [5.74, 6) is 1.45. The molecule has 2 N–H and O–H groups in total. The number of rotatable bonds is 1. The van der Waals surface area contributed by atoms with Crippen molar-refractivity contribution in [1.82, 2.24) is 19.6 Å². The summed E-state index contributed by atoms with van der Waals surface area (Å²) < 4.78 is 1.41. The van der Waals surface area contributed by atoms with Gasteiger partial charge in [-0.1, -0.05) is 18.2 Å². The highest BCUT2D eigenvalue weighted by atomic mass is 16.1. The molecule has 1 aromatic carbocycles. The number of aromatic nitrogens is 4. The molecule has 106 valence electrons. The maximum atomic E-state index is 11.9. The summed E-state index contributed by atoms with van der Waals surface area (Å²) >= 11 is 0. The molecule has 6 heteroatoms. The van der Waals surface area contributed by atoms with E-state index in [0.29, 0.717) is 11.5 Å². The third-order valence-electron chi connectivity index (χ3n) is 3.89. The zero-order valence-corrected chi connectivity index (χ0v) is 11.6. The first kappa shape index (κ1) is 12.1. The van der Waals surface area contributed by atoms with Crippen LogP contribution in [0.4, 0.5) is 5.69 Å². The van der Waals surface area contributed by atoms with Gasteiger partial charge in [0.05, 0.1) is 0 Å². The highest BCUT2D eigenvalue weighted by molar-refractivity contribution is 5.54. The summed E-state index contributed by atoms with van der Waals surface area (Å²) in [6.45, 7) is 2.60. The molecule has 6 nitrogen and oxygen atoms in total. The van der Waals surface area contributed by atoms with Crippen molar-refractivity contribution in [2.24, 2.45) is 0 Å². The number of nitrogens with one attached hydrogen (secondary N) is 2. The Morgan fingerprint density at radius 1 is 1.29 bits per heavy atom. The fourth-order valence-corrected chi connectivity index (χ4v) is 2.83. The average molecular weight is 281 g/mol. The molecule has 0 radical (unpaired) electrons. The van der Waals surface area contributed by atoms with Crippen molar-refractivity contribution in [1.29, 1.82) is 0 Å². The summed E-state index contributed by atoms with van der Waals surface area (Å²) in [4.78, 5) is 20.7. The highest BCUT2D eigenvalue weighted by Crippen LogP contribution is 2.28. The van der Waals surface area contributed by atoms with Gasteiger partial charge in [0, 0.05) is 29.9 Å². The van der Waals surface area contributed by atoms with E-state index in [1.807, 2.05) is 12.1 Å². The first-order valence-electron chi connectivity index (χ1n) is 6.99. The molecule has 0 fully saturated rings. The van der Waals surface area contributed by atoms with Gasteiger partial charge >= 0.3 is 0 Å². The van der Waals surface area contributed by atoms with Crippen LogP contribution in [0.25, 0.3) is 5.78 Å². The van der Waals surface area contributed by atoms with E-state index in [4.69, 9.17) is 0 Å². The lowest BCUT2D eigenvalue weighted by molar-refractivity contribution is 0.645. The smallest absolute Gasteiger partial charge is 0.274 e. The number of fused-ring (bicyclic) bond motifs is 2. The van der Waals surface area contributed by atoms with Gasteiger partial charge < -0.3 is 5.32 Å². The van der Waals surface area contributed by atoms with Gasteiger partial charge in [-0.25, -0.2) is 4.98 Å². The van der Waals surface area contributed by atoms with E-state index in [1.54, 1.807) is 6.92 Å². The van der Waals surface area contributed by atoms with Crippen molar-refractivity contribution in [3.8, 4) is 0 Å². The van der Waals surface area contributed by atoms with Crippen LogP contribution in [0.3, 0.4) is 0 Å². The Morgan fingerprint density at radius 3 is 3.05 bits per heavy atom. The van der Waals surface area contributed by atoms with Gasteiger partial charge in [0.2, 0.25) is 0 Å². The molecular formula is C15H15N5O. The Bertz CT molecular complexity index is 879. The first-order valence-corrected chi connectivity index (χ1v) is 6.99. The van der Waals surface area contributed by atoms with Crippen molar-refractivity contribution in [2.45, 2.75) is 19.3 Å². The second kappa shape index (κ2) is 4.44. The minimum absolute atomic E-state index is 0.125. The molecule has 4 rings (SSSR count). The molecule has 1 aliphatic heterocycles. The molecule has 0 spiro atoms. The Labute approximate surface area is 120 Å². The van der Waals surface area contributed by atoms with E-state index in [-0.39, 0.29) is 11.5 Å². The van der Waals surface area contributed by atoms with Crippen molar-refractivity contribution in [3.05, 3.63) is 57.8 Å². The van der Waals surface area contributed by atoms with Gasteiger partial charge in [-0.15, -0.1) is 0 Å². The van der Waals surface area contributed by atoms with Gasteiger partial charge in [0.25, 0.3) is 11.3 Å². The zero-order valence-electron chi connectivity index (χ0n) is 11.6. The van der Waals surface area contributed by atoms with E-state index < -0.39 is 0 Å². The second-order valence-electron chi connectivity index (χ2n) is 5.42. The number of aromatic amines is 1. The van der Waals surface area contributed by atoms with Crippen LogP contribution < -0.4 is 10.9 Å².